The predicted molar refractivity (Wildman–Crippen MR) is 139 cm³/mol. The fourth-order valence-electron chi connectivity index (χ4n) is 4.03. The highest BCUT2D eigenvalue weighted by molar-refractivity contribution is 7.91. The molecule has 0 aliphatic carbocycles. The summed E-state index contributed by atoms with van der Waals surface area (Å²) >= 11 is 0. The first kappa shape index (κ1) is 28.7. The topological polar surface area (TPSA) is 110 Å². The van der Waals surface area contributed by atoms with E-state index in [0.29, 0.717) is 0 Å². The van der Waals surface area contributed by atoms with Gasteiger partial charge in [-0.15, -0.1) is 0 Å². The molecule has 204 valence electrons. The molecular formula is C25H33FN2O7S2. The van der Waals surface area contributed by atoms with Crippen molar-refractivity contribution in [2.75, 3.05) is 43.6 Å². The smallest absolute Gasteiger partial charge is 0.261 e. The molecule has 37 heavy (non-hydrogen) atoms. The van der Waals surface area contributed by atoms with Gasteiger partial charge in [0.05, 0.1) is 22.8 Å². The van der Waals surface area contributed by atoms with E-state index in [1.807, 2.05) is 0 Å². The van der Waals surface area contributed by atoms with E-state index in [-0.39, 0.29) is 64.8 Å². The Bertz CT molecular complexity index is 1380. The van der Waals surface area contributed by atoms with E-state index < -0.39 is 37.5 Å². The summed E-state index contributed by atoms with van der Waals surface area (Å²) in [5.41, 5.74) is 0.272. The van der Waals surface area contributed by atoms with E-state index in [1.54, 1.807) is 37.5 Å². The van der Waals surface area contributed by atoms with Gasteiger partial charge in [0, 0.05) is 38.7 Å². The van der Waals surface area contributed by atoms with Gasteiger partial charge in [-0.2, -0.15) is 0 Å². The number of carbonyl (C=O) groups excluding carboxylic acids is 1. The third kappa shape index (κ3) is 6.72. The zero-order valence-electron chi connectivity index (χ0n) is 21.8. The molecule has 0 radical (unpaired) electrons. The first-order valence-corrected chi connectivity index (χ1v) is 15.6. The first-order valence-electron chi connectivity index (χ1n) is 11.8. The van der Waals surface area contributed by atoms with Gasteiger partial charge in [-0.05, 0) is 58.0 Å². The molecule has 1 fully saturated rings. The van der Waals surface area contributed by atoms with Gasteiger partial charge in [0.2, 0.25) is 0 Å². The molecule has 0 aromatic heterocycles. The second-order valence-corrected chi connectivity index (χ2v) is 13.5. The summed E-state index contributed by atoms with van der Waals surface area (Å²) in [6.45, 7) is 8.07. The summed E-state index contributed by atoms with van der Waals surface area (Å²) in [6, 6.07) is 6.60. The van der Waals surface area contributed by atoms with E-state index >= 15 is 0 Å². The largest absolute Gasteiger partial charge is 0.490 e. The third-order valence-electron chi connectivity index (χ3n) is 5.67. The maximum atomic E-state index is 14.7. The van der Waals surface area contributed by atoms with Crippen molar-refractivity contribution in [2.45, 2.75) is 49.7 Å². The van der Waals surface area contributed by atoms with Crippen molar-refractivity contribution in [1.29, 1.82) is 0 Å². The molecule has 1 heterocycles. The number of anilines is 1. The van der Waals surface area contributed by atoms with Crippen molar-refractivity contribution in [1.82, 2.24) is 4.90 Å². The molecule has 1 amide bonds. The van der Waals surface area contributed by atoms with Crippen LogP contribution in [0, 0.1) is 5.82 Å². The van der Waals surface area contributed by atoms with E-state index in [9.17, 15) is 26.0 Å². The molecule has 0 saturated carbocycles. The van der Waals surface area contributed by atoms with Gasteiger partial charge in [0.15, 0.2) is 25.4 Å². The Balaban J connectivity index is 1.94. The van der Waals surface area contributed by atoms with Crippen molar-refractivity contribution >= 4 is 31.3 Å². The molecule has 0 spiro atoms. The van der Waals surface area contributed by atoms with Crippen LogP contribution >= 0.6 is 0 Å². The van der Waals surface area contributed by atoms with Gasteiger partial charge in [-0.3, -0.25) is 4.79 Å². The van der Waals surface area contributed by atoms with Gasteiger partial charge in [-0.25, -0.2) is 21.2 Å². The van der Waals surface area contributed by atoms with Crippen LogP contribution in [0.2, 0.25) is 0 Å². The Kier molecular flexibility index (Phi) is 8.43. The summed E-state index contributed by atoms with van der Waals surface area (Å²) in [6.07, 6.45) is 1.38. The fourth-order valence-corrected chi connectivity index (χ4v) is 5.46. The maximum absolute atomic E-state index is 14.7. The molecule has 9 nitrogen and oxygen atoms in total. The molecule has 0 N–H and O–H groups in total. The Hall–Kier alpha value is -2.86. The first-order chi connectivity index (χ1) is 17.1. The summed E-state index contributed by atoms with van der Waals surface area (Å²) in [5, 5.41) is 0. The van der Waals surface area contributed by atoms with Crippen molar-refractivity contribution in [3.05, 3.63) is 41.7 Å². The van der Waals surface area contributed by atoms with Crippen LogP contribution in [-0.2, 0) is 19.7 Å². The van der Waals surface area contributed by atoms with Crippen LogP contribution in [-0.4, -0.2) is 78.5 Å². The highest BCUT2D eigenvalue weighted by Gasteiger charge is 2.32. The van der Waals surface area contributed by atoms with Crippen LogP contribution < -0.4 is 14.4 Å². The highest BCUT2D eigenvalue weighted by atomic mass is 32.2. The number of carbonyl (C=O) groups is 1. The Morgan fingerprint density at radius 2 is 1.46 bits per heavy atom. The van der Waals surface area contributed by atoms with Crippen molar-refractivity contribution in [2.24, 2.45) is 0 Å². The summed E-state index contributed by atoms with van der Waals surface area (Å²) in [7, 11) is -7.26. The summed E-state index contributed by atoms with van der Waals surface area (Å²) < 4.78 is 74.9. The highest BCUT2D eigenvalue weighted by Crippen LogP contribution is 2.38. The van der Waals surface area contributed by atoms with Crippen LogP contribution in [0.25, 0.3) is 0 Å². The normalized spacial score (nSPS) is 14.8. The van der Waals surface area contributed by atoms with Gasteiger partial charge >= 0.3 is 0 Å². The molecule has 0 unspecified atom stereocenters. The quantitative estimate of drug-likeness (QED) is 0.488. The predicted octanol–water partition coefficient (Wildman–Crippen LogP) is 3.17. The Morgan fingerprint density at radius 3 is 1.95 bits per heavy atom. The van der Waals surface area contributed by atoms with Crippen LogP contribution in [0.4, 0.5) is 10.1 Å². The van der Waals surface area contributed by atoms with Crippen LogP contribution in [0.3, 0.4) is 0 Å². The zero-order valence-corrected chi connectivity index (χ0v) is 23.4. The second kappa shape index (κ2) is 10.9. The Labute approximate surface area is 218 Å². The number of sulfone groups is 2. The van der Waals surface area contributed by atoms with Crippen LogP contribution in [0.5, 0.6) is 11.5 Å². The van der Waals surface area contributed by atoms with Gasteiger partial charge in [0.25, 0.3) is 5.91 Å². The lowest BCUT2D eigenvalue weighted by atomic mass is 10.1. The number of amides is 1. The zero-order chi connectivity index (χ0) is 27.7. The monoisotopic (exact) mass is 556 g/mol. The average Bonchev–Trinajstić information content (AvgIpc) is 2.77. The number of hydrogen-bond acceptors (Lipinski definition) is 8. The van der Waals surface area contributed by atoms with Gasteiger partial charge in [-0.1, -0.05) is 0 Å². The number of benzene rings is 2. The van der Waals surface area contributed by atoms with Gasteiger partial charge < -0.3 is 19.3 Å². The van der Waals surface area contributed by atoms with E-state index in [1.165, 1.54) is 24.3 Å². The number of nitrogens with zero attached hydrogens (tertiary/aromatic N) is 2. The number of hydrogen-bond donors (Lipinski definition) is 0. The molecular weight excluding hydrogens is 523 g/mol. The fraction of sp³-hybridized carbons (Fsp3) is 0.480. The van der Waals surface area contributed by atoms with Crippen LogP contribution in [0.15, 0.2) is 40.1 Å². The van der Waals surface area contributed by atoms with Crippen molar-refractivity contribution in [3.63, 3.8) is 0 Å². The number of piperazine rings is 1. The Morgan fingerprint density at radius 1 is 0.865 bits per heavy atom. The summed E-state index contributed by atoms with van der Waals surface area (Å²) in [5.74, 6) is -0.952. The van der Waals surface area contributed by atoms with E-state index in [4.69, 9.17) is 9.47 Å². The minimum absolute atomic E-state index is 0.0301. The second-order valence-electron chi connectivity index (χ2n) is 9.54. The number of halogens is 1. The third-order valence-corrected chi connectivity index (χ3v) is 7.90. The number of rotatable bonds is 8. The lowest BCUT2D eigenvalue weighted by Gasteiger charge is -2.37. The standard InChI is InChI=1S/C25H33FN2O7S2/c1-16(2)34-21-9-10-22(37(6,32)33)24(35-17(3)4)23(21)25(29)28-13-11-27(12-14-28)20-8-7-18(15-19(20)26)36(5,30)31/h7-10,15-17H,11-14H2,1-6H3. The minimum Gasteiger partial charge on any atom is -0.490 e. The van der Waals surface area contributed by atoms with Crippen molar-refractivity contribution in [3.8, 4) is 11.5 Å². The average molecular weight is 557 g/mol. The number of ether oxygens (including phenoxy) is 2. The molecule has 2 aromatic carbocycles. The molecule has 3 rings (SSSR count). The molecule has 0 bridgehead atoms. The summed E-state index contributed by atoms with van der Waals surface area (Å²) in [4.78, 5) is 16.8. The lowest BCUT2D eigenvalue weighted by Crippen LogP contribution is -2.49. The molecule has 12 heteroatoms. The van der Waals surface area contributed by atoms with Crippen LogP contribution in [0.1, 0.15) is 38.1 Å². The molecule has 2 aromatic rings. The molecule has 0 atom stereocenters. The minimum atomic E-state index is -3.72. The van der Waals surface area contributed by atoms with Gasteiger partial charge in [0.1, 0.15) is 22.0 Å². The lowest BCUT2D eigenvalue weighted by molar-refractivity contribution is 0.0732. The van der Waals surface area contributed by atoms with E-state index in [0.717, 1.165) is 18.6 Å². The molecule has 1 aliphatic rings. The van der Waals surface area contributed by atoms with E-state index in [2.05, 4.69) is 0 Å². The molecule has 1 aliphatic heterocycles. The maximum Gasteiger partial charge on any atom is 0.261 e. The SMILES string of the molecule is CC(C)Oc1ccc(S(C)(=O)=O)c(OC(C)C)c1C(=O)N1CCN(c2ccc(S(C)(=O)=O)cc2F)CC1. The van der Waals surface area contributed by atoms with Crippen molar-refractivity contribution < 1.29 is 35.5 Å². The molecule has 1 saturated heterocycles.